The van der Waals surface area contributed by atoms with Crippen LogP contribution in [0.5, 0.6) is 5.75 Å². The zero-order valence-electron chi connectivity index (χ0n) is 14.0. The number of hydrogen-bond acceptors (Lipinski definition) is 3. The first-order chi connectivity index (χ1) is 12.0. The first-order valence-corrected chi connectivity index (χ1v) is 8.61. The Balaban J connectivity index is 1.62. The van der Waals surface area contributed by atoms with Gasteiger partial charge in [0.1, 0.15) is 5.75 Å². The third-order valence-electron chi connectivity index (χ3n) is 3.64. The fourth-order valence-corrected chi connectivity index (χ4v) is 2.81. The Morgan fingerprint density at radius 3 is 2.80 bits per heavy atom. The normalized spacial score (nSPS) is 10.5. The van der Waals surface area contributed by atoms with E-state index < -0.39 is 0 Å². The molecule has 0 aliphatic rings. The predicted molar refractivity (Wildman–Crippen MR) is 101 cm³/mol. The van der Waals surface area contributed by atoms with Crippen LogP contribution in [0.3, 0.4) is 0 Å². The number of rotatable bonds is 5. The Kier molecular flexibility index (Phi) is 5.19. The van der Waals surface area contributed by atoms with E-state index in [2.05, 4.69) is 32.4 Å². The lowest BCUT2D eigenvalue weighted by Gasteiger charge is -2.09. The fraction of sp³-hybridized carbons (Fsp3) is 0.158. The molecule has 3 rings (SSSR count). The number of halogens is 1. The van der Waals surface area contributed by atoms with Gasteiger partial charge in [0.15, 0.2) is 12.4 Å². The van der Waals surface area contributed by atoms with E-state index in [1.165, 1.54) is 5.56 Å². The predicted octanol–water partition coefficient (Wildman–Crippen LogP) is 4.55. The molecule has 128 valence electrons. The second kappa shape index (κ2) is 7.53. The minimum absolute atomic E-state index is 0.244. The molecule has 25 heavy (non-hydrogen) atoms. The number of ether oxygens (including phenoxy) is 1. The van der Waals surface area contributed by atoms with Gasteiger partial charge in [-0.25, -0.2) is 4.68 Å². The summed E-state index contributed by atoms with van der Waals surface area (Å²) in [6.45, 7) is 4.29. The number of amides is 1. The molecule has 0 spiro atoms. The summed E-state index contributed by atoms with van der Waals surface area (Å²) in [4.78, 5) is 12.3. The van der Waals surface area contributed by atoms with E-state index >= 15 is 0 Å². The summed E-state index contributed by atoms with van der Waals surface area (Å²) in [6.07, 6.45) is 1.72. The van der Waals surface area contributed by atoms with Gasteiger partial charge in [-0.05, 0) is 49.7 Å². The summed E-state index contributed by atoms with van der Waals surface area (Å²) in [7, 11) is 0. The lowest BCUT2D eigenvalue weighted by molar-refractivity contribution is 0.102. The molecule has 0 atom stereocenters. The van der Waals surface area contributed by atoms with Crippen molar-refractivity contribution in [1.82, 2.24) is 9.78 Å². The molecule has 6 heteroatoms. The maximum atomic E-state index is 12.3. The summed E-state index contributed by atoms with van der Waals surface area (Å²) < 4.78 is 8.26. The van der Waals surface area contributed by atoms with Crippen LogP contribution in [-0.4, -0.2) is 15.7 Å². The molecule has 0 unspecified atom stereocenters. The van der Waals surface area contributed by atoms with E-state index in [1.54, 1.807) is 16.9 Å². The topological polar surface area (TPSA) is 56.1 Å². The average Bonchev–Trinajstić information content (AvgIpc) is 3.03. The molecule has 0 bridgehead atoms. The van der Waals surface area contributed by atoms with Gasteiger partial charge >= 0.3 is 0 Å². The number of carbonyl (C=O) groups is 1. The van der Waals surface area contributed by atoms with E-state index in [9.17, 15) is 4.79 Å². The van der Waals surface area contributed by atoms with Gasteiger partial charge in [0, 0.05) is 16.4 Å². The van der Waals surface area contributed by atoms with Crippen molar-refractivity contribution < 1.29 is 9.53 Å². The molecule has 2 aromatic carbocycles. The van der Waals surface area contributed by atoms with Crippen LogP contribution in [0.1, 0.15) is 21.6 Å². The molecule has 0 fully saturated rings. The summed E-state index contributed by atoms with van der Waals surface area (Å²) >= 11 is 3.38. The van der Waals surface area contributed by atoms with Crippen molar-refractivity contribution in [2.75, 3.05) is 5.32 Å². The Bertz CT molecular complexity index is 905. The second-order valence-electron chi connectivity index (χ2n) is 5.75. The largest absolute Gasteiger partial charge is 0.471 e. The number of aromatic nitrogens is 2. The molecular weight excluding hydrogens is 382 g/mol. The Labute approximate surface area is 154 Å². The van der Waals surface area contributed by atoms with Crippen molar-refractivity contribution in [3.63, 3.8) is 0 Å². The SMILES string of the molecule is Cc1ccc(OCn2ccc(C(=O)Nc3cccc(Br)c3)n2)c(C)c1. The summed E-state index contributed by atoms with van der Waals surface area (Å²) in [6, 6.07) is 15.1. The number of carbonyl (C=O) groups excluding carboxylic acids is 1. The van der Waals surface area contributed by atoms with Crippen molar-refractivity contribution in [3.8, 4) is 5.75 Å². The maximum Gasteiger partial charge on any atom is 0.276 e. The molecule has 0 aliphatic carbocycles. The monoisotopic (exact) mass is 399 g/mol. The number of anilines is 1. The minimum Gasteiger partial charge on any atom is -0.471 e. The number of benzene rings is 2. The Morgan fingerprint density at radius 2 is 2.04 bits per heavy atom. The van der Waals surface area contributed by atoms with Gasteiger partial charge in [-0.3, -0.25) is 4.79 Å². The number of nitrogens with zero attached hydrogens (tertiary/aromatic N) is 2. The lowest BCUT2D eigenvalue weighted by Crippen LogP contribution is -2.14. The van der Waals surface area contributed by atoms with Crippen LogP contribution in [0.2, 0.25) is 0 Å². The number of hydrogen-bond donors (Lipinski definition) is 1. The van der Waals surface area contributed by atoms with Crippen LogP contribution in [0.25, 0.3) is 0 Å². The highest BCUT2D eigenvalue weighted by molar-refractivity contribution is 9.10. The van der Waals surface area contributed by atoms with Gasteiger partial charge in [-0.2, -0.15) is 5.10 Å². The standard InChI is InChI=1S/C19H18BrN3O2/c1-13-6-7-18(14(2)10-13)25-12-23-9-8-17(22-23)19(24)21-16-5-3-4-15(20)11-16/h3-11H,12H2,1-2H3,(H,21,24). The van der Waals surface area contributed by atoms with Gasteiger partial charge in [0.25, 0.3) is 5.91 Å². The first-order valence-electron chi connectivity index (χ1n) is 7.82. The molecule has 0 saturated carbocycles. The van der Waals surface area contributed by atoms with Gasteiger partial charge in [-0.1, -0.05) is 39.7 Å². The Morgan fingerprint density at radius 1 is 1.20 bits per heavy atom. The average molecular weight is 400 g/mol. The van der Waals surface area contributed by atoms with Gasteiger partial charge in [0.05, 0.1) is 0 Å². The van der Waals surface area contributed by atoms with Crippen LogP contribution >= 0.6 is 15.9 Å². The van der Waals surface area contributed by atoms with Crippen molar-refractivity contribution in [2.45, 2.75) is 20.6 Å². The molecule has 1 N–H and O–H groups in total. The molecular formula is C19H18BrN3O2. The number of nitrogens with one attached hydrogen (secondary N) is 1. The maximum absolute atomic E-state index is 12.3. The molecule has 1 aromatic heterocycles. The molecule has 0 radical (unpaired) electrons. The second-order valence-corrected chi connectivity index (χ2v) is 6.66. The van der Waals surface area contributed by atoms with Crippen molar-refractivity contribution in [2.24, 2.45) is 0 Å². The van der Waals surface area contributed by atoms with Crippen molar-refractivity contribution in [1.29, 1.82) is 0 Å². The minimum atomic E-state index is -0.261. The zero-order valence-corrected chi connectivity index (χ0v) is 15.6. The summed E-state index contributed by atoms with van der Waals surface area (Å²) in [5, 5.41) is 7.07. The van der Waals surface area contributed by atoms with E-state index in [0.29, 0.717) is 11.4 Å². The van der Waals surface area contributed by atoms with Gasteiger partial charge < -0.3 is 10.1 Å². The molecule has 1 amide bonds. The van der Waals surface area contributed by atoms with Gasteiger partial charge in [-0.15, -0.1) is 0 Å². The van der Waals surface area contributed by atoms with E-state index in [0.717, 1.165) is 15.8 Å². The highest BCUT2D eigenvalue weighted by atomic mass is 79.9. The smallest absolute Gasteiger partial charge is 0.276 e. The fourth-order valence-electron chi connectivity index (χ4n) is 2.41. The molecule has 0 aliphatic heterocycles. The van der Waals surface area contributed by atoms with Crippen LogP contribution in [0.4, 0.5) is 5.69 Å². The van der Waals surface area contributed by atoms with Gasteiger partial charge in [0.2, 0.25) is 0 Å². The number of aryl methyl sites for hydroxylation is 2. The molecule has 1 heterocycles. The Hall–Kier alpha value is -2.60. The van der Waals surface area contributed by atoms with Crippen LogP contribution in [-0.2, 0) is 6.73 Å². The van der Waals surface area contributed by atoms with E-state index in [1.807, 2.05) is 50.2 Å². The quantitative estimate of drug-likeness (QED) is 0.684. The van der Waals surface area contributed by atoms with E-state index in [4.69, 9.17) is 4.74 Å². The summed E-state index contributed by atoms with van der Waals surface area (Å²) in [5.41, 5.74) is 3.31. The van der Waals surface area contributed by atoms with Crippen molar-refractivity contribution in [3.05, 3.63) is 76.0 Å². The van der Waals surface area contributed by atoms with E-state index in [-0.39, 0.29) is 12.6 Å². The lowest BCUT2D eigenvalue weighted by atomic mass is 10.1. The van der Waals surface area contributed by atoms with Crippen molar-refractivity contribution >= 4 is 27.5 Å². The van der Waals surface area contributed by atoms with Crippen LogP contribution < -0.4 is 10.1 Å². The molecule has 5 nitrogen and oxygen atoms in total. The third-order valence-corrected chi connectivity index (χ3v) is 4.13. The zero-order chi connectivity index (χ0) is 17.8. The highest BCUT2D eigenvalue weighted by Gasteiger charge is 2.10. The molecule has 0 saturated heterocycles. The first kappa shape index (κ1) is 17.2. The third kappa shape index (κ3) is 4.48. The van der Waals surface area contributed by atoms with Crippen LogP contribution in [0.15, 0.2) is 59.2 Å². The summed E-state index contributed by atoms with van der Waals surface area (Å²) in [5.74, 6) is 0.546. The highest BCUT2D eigenvalue weighted by Crippen LogP contribution is 2.19. The van der Waals surface area contributed by atoms with Crippen LogP contribution in [0, 0.1) is 13.8 Å². The molecule has 3 aromatic rings.